The van der Waals surface area contributed by atoms with E-state index in [1.54, 1.807) is 11.5 Å². The molecule has 20 heavy (non-hydrogen) atoms. The highest BCUT2D eigenvalue weighted by Crippen LogP contribution is 2.43. The van der Waals surface area contributed by atoms with Gasteiger partial charge in [-0.3, -0.25) is 0 Å². The Morgan fingerprint density at radius 3 is 2.85 bits per heavy atom. The van der Waals surface area contributed by atoms with Crippen LogP contribution in [0.5, 0.6) is 0 Å². The van der Waals surface area contributed by atoms with Crippen LogP contribution in [0.4, 0.5) is 5.82 Å². The van der Waals surface area contributed by atoms with Crippen LogP contribution in [0.3, 0.4) is 0 Å². The third-order valence-electron chi connectivity index (χ3n) is 4.20. The molecule has 5 N–H and O–H groups in total. The number of aliphatic hydroxyl groups is 3. The molecule has 8 nitrogen and oxygen atoms in total. The molecule has 0 bridgehead atoms. The maximum atomic E-state index is 10.5. The van der Waals surface area contributed by atoms with Crippen LogP contribution in [0.1, 0.15) is 19.4 Å². The van der Waals surface area contributed by atoms with E-state index in [4.69, 9.17) is 5.73 Å². The molecule has 1 aliphatic rings. The summed E-state index contributed by atoms with van der Waals surface area (Å²) in [6.07, 6.45) is 2.29. The van der Waals surface area contributed by atoms with E-state index in [1.165, 1.54) is 12.7 Å². The topological polar surface area (TPSA) is 130 Å². The number of aromatic nitrogens is 4. The lowest BCUT2D eigenvalue weighted by Gasteiger charge is -2.29. The first-order valence-corrected chi connectivity index (χ1v) is 6.41. The maximum absolute atomic E-state index is 10.5. The van der Waals surface area contributed by atoms with Gasteiger partial charge < -0.3 is 25.6 Å². The number of nitrogens with zero attached hydrogens (tertiary/aromatic N) is 4. The standard InChI is InChI=1S/C12H17N5O3/c1-12(20)7(2-6(3-18)9(12)19)17-5-16-8-10(13)14-4-15-11(8)17/h4-7,9,18-20H,2-3H2,1H3,(H2,13,14,15)/t6-,7+,9+,12-/m0/s1. The van der Waals surface area contributed by atoms with Crippen LogP contribution >= 0.6 is 0 Å². The number of anilines is 1. The third-order valence-corrected chi connectivity index (χ3v) is 4.20. The Hall–Kier alpha value is -1.77. The van der Waals surface area contributed by atoms with Crippen molar-refractivity contribution >= 4 is 17.0 Å². The van der Waals surface area contributed by atoms with Crippen LogP contribution in [-0.2, 0) is 0 Å². The van der Waals surface area contributed by atoms with E-state index in [-0.39, 0.29) is 18.3 Å². The van der Waals surface area contributed by atoms with E-state index >= 15 is 0 Å². The molecule has 1 saturated carbocycles. The summed E-state index contributed by atoms with van der Waals surface area (Å²) in [6, 6.07) is -0.436. The van der Waals surface area contributed by atoms with Crippen molar-refractivity contribution in [2.24, 2.45) is 5.92 Å². The molecule has 0 radical (unpaired) electrons. The fourth-order valence-electron chi connectivity index (χ4n) is 3.00. The molecule has 0 aliphatic heterocycles. The minimum absolute atomic E-state index is 0.183. The zero-order chi connectivity index (χ0) is 14.5. The highest BCUT2D eigenvalue weighted by atomic mass is 16.3. The first-order chi connectivity index (χ1) is 9.46. The molecule has 1 fully saturated rings. The van der Waals surface area contributed by atoms with Crippen LogP contribution < -0.4 is 5.73 Å². The van der Waals surface area contributed by atoms with Gasteiger partial charge in [0.05, 0.1) is 18.5 Å². The predicted molar refractivity (Wildman–Crippen MR) is 70.6 cm³/mol. The van der Waals surface area contributed by atoms with Crippen molar-refractivity contribution < 1.29 is 15.3 Å². The second-order valence-corrected chi connectivity index (χ2v) is 5.45. The minimum atomic E-state index is -1.37. The SMILES string of the molecule is C[C@@]1(O)[C@H](O)[C@H](CO)C[C@H]1n1cnc2c(N)ncnc21. The Morgan fingerprint density at radius 2 is 2.20 bits per heavy atom. The molecule has 0 aromatic carbocycles. The summed E-state index contributed by atoms with van der Waals surface area (Å²) >= 11 is 0. The summed E-state index contributed by atoms with van der Waals surface area (Å²) in [7, 11) is 0. The van der Waals surface area contributed by atoms with Gasteiger partial charge in [0.1, 0.15) is 17.4 Å². The van der Waals surface area contributed by atoms with Gasteiger partial charge >= 0.3 is 0 Å². The quantitative estimate of drug-likeness (QED) is 0.559. The first kappa shape index (κ1) is 13.2. The number of aliphatic hydroxyl groups excluding tert-OH is 2. The largest absolute Gasteiger partial charge is 0.396 e. The van der Waals surface area contributed by atoms with Crippen molar-refractivity contribution in [3.63, 3.8) is 0 Å². The van der Waals surface area contributed by atoms with Gasteiger partial charge in [0.2, 0.25) is 0 Å². The Labute approximate surface area is 114 Å². The lowest BCUT2D eigenvalue weighted by molar-refractivity contribution is -0.0777. The minimum Gasteiger partial charge on any atom is -0.396 e. The van der Waals surface area contributed by atoms with E-state index in [1.807, 2.05) is 0 Å². The molecule has 0 spiro atoms. The highest BCUT2D eigenvalue weighted by Gasteiger charge is 2.51. The molecule has 0 saturated heterocycles. The fraction of sp³-hybridized carbons (Fsp3) is 0.583. The summed E-state index contributed by atoms with van der Waals surface area (Å²) in [6.45, 7) is 1.37. The molecule has 8 heteroatoms. The Morgan fingerprint density at radius 1 is 1.45 bits per heavy atom. The fourth-order valence-corrected chi connectivity index (χ4v) is 3.00. The smallest absolute Gasteiger partial charge is 0.165 e. The van der Waals surface area contributed by atoms with Gasteiger partial charge in [-0.15, -0.1) is 0 Å². The summed E-state index contributed by atoms with van der Waals surface area (Å²) in [5.41, 5.74) is 5.33. The highest BCUT2D eigenvalue weighted by molar-refractivity contribution is 5.81. The molecule has 0 unspecified atom stereocenters. The summed E-state index contributed by atoms with van der Waals surface area (Å²) in [5, 5.41) is 30.0. The third kappa shape index (κ3) is 1.69. The van der Waals surface area contributed by atoms with Gasteiger partial charge in [-0.25, -0.2) is 15.0 Å². The molecular formula is C12H17N5O3. The average Bonchev–Trinajstić information content (AvgIpc) is 2.92. The molecule has 2 aromatic heterocycles. The van der Waals surface area contributed by atoms with Gasteiger partial charge in [-0.1, -0.05) is 0 Å². The van der Waals surface area contributed by atoms with E-state index in [9.17, 15) is 15.3 Å². The number of nitrogens with two attached hydrogens (primary N) is 1. The van der Waals surface area contributed by atoms with Gasteiger partial charge in [0.15, 0.2) is 11.5 Å². The van der Waals surface area contributed by atoms with E-state index < -0.39 is 17.7 Å². The summed E-state index contributed by atoms with van der Waals surface area (Å²) in [5.74, 6) is -0.114. The normalized spacial score (nSPS) is 33.9. The molecule has 2 heterocycles. The molecule has 1 aliphatic carbocycles. The lowest BCUT2D eigenvalue weighted by atomic mass is 9.96. The van der Waals surface area contributed by atoms with Crippen molar-refractivity contribution in [3.8, 4) is 0 Å². The van der Waals surface area contributed by atoms with Crippen molar-refractivity contribution in [2.45, 2.75) is 31.1 Å². The number of nitrogen functional groups attached to an aromatic ring is 1. The second-order valence-electron chi connectivity index (χ2n) is 5.45. The average molecular weight is 279 g/mol. The summed E-state index contributed by atoms with van der Waals surface area (Å²) in [4.78, 5) is 12.2. The van der Waals surface area contributed by atoms with Gasteiger partial charge in [-0.05, 0) is 13.3 Å². The monoisotopic (exact) mass is 279 g/mol. The Bertz CT molecular complexity index is 641. The van der Waals surface area contributed by atoms with E-state index in [0.29, 0.717) is 17.6 Å². The molecule has 3 rings (SSSR count). The second kappa shape index (κ2) is 4.37. The maximum Gasteiger partial charge on any atom is 0.165 e. The molecule has 108 valence electrons. The van der Waals surface area contributed by atoms with Crippen molar-refractivity contribution in [2.75, 3.05) is 12.3 Å². The molecule has 4 atom stereocenters. The van der Waals surface area contributed by atoms with Crippen LogP contribution in [0.2, 0.25) is 0 Å². The molecule has 2 aromatic rings. The molecular weight excluding hydrogens is 262 g/mol. The van der Waals surface area contributed by atoms with Crippen LogP contribution in [0, 0.1) is 5.92 Å². The zero-order valence-electron chi connectivity index (χ0n) is 11.0. The Kier molecular flexibility index (Phi) is 2.89. The van der Waals surface area contributed by atoms with E-state index in [2.05, 4.69) is 15.0 Å². The molecule has 0 amide bonds. The first-order valence-electron chi connectivity index (χ1n) is 6.41. The van der Waals surface area contributed by atoms with Gasteiger partial charge in [0, 0.05) is 12.5 Å². The van der Waals surface area contributed by atoms with Gasteiger partial charge in [0.25, 0.3) is 0 Å². The van der Waals surface area contributed by atoms with Crippen molar-refractivity contribution in [1.82, 2.24) is 19.5 Å². The Balaban J connectivity index is 2.10. The van der Waals surface area contributed by atoms with E-state index in [0.717, 1.165) is 0 Å². The van der Waals surface area contributed by atoms with Crippen LogP contribution in [0.15, 0.2) is 12.7 Å². The zero-order valence-corrected chi connectivity index (χ0v) is 11.0. The van der Waals surface area contributed by atoms with Crippen molar-refractivity contribution in [3.05, 3.63) is 12.7 Å². The number of fused-ring (bicyclic) bond motifs is 1. The van der Waals surface area contributed by atoms with Crippen LogP contribution in [0.25, 0.3) is 11.2 Å². The number of imidazole rings is 1. The van der Waals surface area contributed by atoms with Gasteiger partial charge in [-0.2, -0.15) is 0 Å². The number of hydrogen-bond acceptors (Lipinski definition) is 7. The number of rotatable bonds is 2. The van der Waals surface area contributed by atoms with Crippen LogP contribution in [-0.4, -0.2) is 53.2 Å². The lowest BCUT2D eigenvalue weighted by Crippen LogP contribution is -2.42. The van der Waals surface area contributed by atoms with Crippen molar-refractivity contribution in [1.29, 1.82) is 0 Å². The predicted octanol–water partition coefficient (Wildman–Crippen LogP) is -0.926. The summed E-state index contributed by atoms with van der Waals surface area (Å²) < 4.78 is 1.69. The number of hydrogen-bond donors (Lipinski definition) is 4.